The number of aromatic nitrogens is 1. The average molecular weight is 330 g/mol. The van der Waals surface area contributed by atoms with E-state index in [1.54, 1.807) is 18.3 Å². The zero-order chi connectivity index (χ0) is 16.1. The normalized spacial score (nSPS) is 14.3. The second-order valence-electron chi connectivity index (χ2n) is 5.76. The number of hydrogen-bond donors (Lipinski definition) is 1. The van der Waals surface area contributed by atoms with Crippen molar-refractivity contribution in [3.63, 3.8) is 0 Å². The molecule has 0 aliphatic carbocycles. The number of benzene rings is 1. The first-order valence-electron chi connectivity index (χ1n) is 7.91. The number of halogens is 1. The zero-order valence-electron chi connectivity index (χ0n) is 13.0. The smallest absolute Gasteiger partial charge is 0.269 e. The molecule has 3 rings (SSSR count). The Bertz CT molecular complexity index is 689. The van der Waals surface area contributed by atoms with Crippen molar-refractivity contribution >= 4 is 17.5 Å². The molecule has 120 valence electrons. The summed E-state index contributed by atoms with van der Waals surface area (Å²) in [5.41, 5.74) is 3.25. The molecule has 1 aromatic carbocycles. The van der Waals surface area contributed by atoms with Crippen molar-refractivity contribution < 1.29 is 4.79 Å². The van der Waals surface area contributed by atoms with E-state index < -0.39 is 0 Å². The molecule has 1 aliphatic heterocycles. The Balaban J connectivity index is 1.41. The van der Waals surface area contributed by atoms with Gasteiger partial charge in [-0.3, -0.25) is 14.7 Å². The fraction of sp³-hybridized carbons (Fsp3) is 0.333. The minimum atomic E-state index is -0.170. The molecule has 0 radical (unpaired) electrons. The van der Waals surface area contributed by atoms with Crippen molar-refractivity contribution in [1.29, 1.82) is 0 Å². The van der Waals surface area contributed by atoms with Crippen LogP contribution < -0.4 is 5.32 Å². The maximum Gasteiger partial charge on any atom is 0.269 e. The van der Waals surface area contributed by atoms with Gasteiger partial charge in [0.1, 0.15) is 5.69 Å². The van der Waals surface area contributed by atoms with E-state index in [9.17, 15) is 4.79 Å². The topological polar surface area (TPSA) is 45.2 Å². The molecule has 0 spiro atoms. The molecule has 1 aliphatic rings. The maximum absolute atomic E-state index is 12.0. The zero-order valence-corrected chi connectivity index (χ0v) is 13.7. The van der Waals surface area contributed by atoms with Gasteiger partial charge in [0.25, 0.3) is 5.91 Å². The standard InChI is InChI=1S/C18H20ClN3O/c19-16-6-9-20-17(12-16)18(23)21-8-3-10-22-11-7-14-4-1-2-5-15(14)13-22/h1-2,4-6,9,12H,3,7-8,10-11,13H2,(H,21,23). The molecule has 0 fully saturated rings. The molecule has 1 aromatic heterocycles. The molecule has 2 aromatic rings. The molecule has 0 unspecified atom stereocenters. The molecule has 0 atom stereocenters. The summed E-state index contributed by atoms with van der Waals surface area (Å²) in [6.45, 7) is 3.71. The Morgan fingerprint density at radius 2 is 2.09 bits per heavy atom. The van der Waals surface area contributed by atoms with Gasteiger partial charge in [0.2, 0.25) is 0 Å². The summed E-state index contributed by atoms with van der Waals surface area (Å²) in [5.74, 6) is -0.170. The van der Waals surface area contributed by atoms with Crippen molar-refractivity contribution in [3.8, 4) is 0 Å². The number of amides is 1. The third-order valence-electron chi connectivity index (χ3n) is 4.10. The molecule has 0 saturated carbocycles. The lowest BCUT2D eigenvalue weighted by molar-refractivity contribution is 0.0946. The van der Waals surface area contributed by atoms with Crippen molar-refractivity contribution in [2.24, 2.45) is 0 Å². The lowest BCUT2D eigenvalue weighted by atomic mass is 10.00. The van der Waals surface area contributed by atoms with E-state index in [2.05, 4.69) is 39.5 Å². The SMILES string of the molecule is O=C(NCCCN1CCc2ccccc2C1)c1cc(Cl)ccn1. The number of hydrogen-bond acceptors (Lipinski definition) is 3. The molecular weight excluding hydrogens is 310 g/mol. The number of nitrogens with zero attached hydrogens (tertiary/aromatic N) is 2. The van der Waals surface area contributed by atoms with Gasteiger partial charge in [-0.15, -0.1) is 0 Å². The van der Waals surface area contributed by atoms with Gasteiger partial charge >= 0.3 is 0 Å². The van der Waals surface area contributed by atoms with E-state index in [0.29, 0.717) is 17.3 Å². The Morgan fingerprint density at radius 1 is 1.26 bits per heavy atom. The highest BCUT2D eigenvalue weighted by Crippen LogP contribution is 2.18. The number of nitrogens with one attached hydrogen (secondary N) is 1. The predicted molar refractivity (Wildman–Crippen MR) is 91.6 cm³/mol. The summed E-state index contributed by atoms with van der Waals surface area (Å²) in [4.78, 5) is 18.4. The Morgan fingerprint density at radius 3 is 2.91 bits per heavy atom. The molecule has 23 heavy (non-hydrogen) atoms. The molecule has 1 amide bonds. The lowest BCUT2D eigenvalue weighted by Gasteiger charge is -2.28. The number of fused-ring (bicyclic) bond motifs is 1. The number of carbonyl (C=O) groups excluding carboxylic acids is 1. The summed E-state index contributed by atoms with van der Waals surface area (Å²) < 4.78 is 0. The largest absolute Gasteiger partial charge is 0.351 e. The monoisotopic (exact) mass is 329 g/mol. The minimum absolute atomic E-state index is 0.170. The third-order valence-corrected chi connectivity index (χ3v) is 4.34. The Labute approximate surface area is 141 Å². The van der Waals surface area contributed by atoms with Crippen molar-refractivity contribution in [2.75, 3.05) is 19.6 Å². The van der Waals surface area contributed by atoms with Gasteiger partial charge in [0, 0.05) is 37.4 Å². The van der Waals surface area contributed by atoms with Gasteiger partial charge < -0.3 is 5.32 Å². The van der Waals surface area contributed by atoms with E-state index in [4.69, 9.17) is 11.6 Å². The van der Waals surface area contributed by atoms with Crippen LogP contribution in [0.1, 0.15) is 28.0 Å². The first kappa shape index (κ1) is 16.0. The van der Waals surface area contributed by atoms with E-state index >= 15 is 0 Å². The van der Waals surface area contributed by atoms with Crippen LogP contribution in [-0.4, -0.2) is 35.4 Å². The summed E-state index contributed by atoms with van der Waals surface area (Å²) in [6, 6.07) is 11.9. The van der Waals surface area contributed by atoms with Gasteiger partial charge in [0.05, 0.1) is 0 Å². The fourth-order valence-electron chi connectivity index (χ4n) is 2.87. The second-order valence-corrected chi connectivity index (χ2v) is 6.20. The van der Waals surface area contributed by atoms with Gasteiger partial charge in [-0.1, -0.05) is 35.9 Å². The fourth-order valence-corrected chi connectivity index (χ4v) is 3.03. The molecule has 0 bridgehead atoms. The molecule has 1 N–H and O–H groups in total. The van der Waals surface area contributed by atoms with Crippen LogP contribution >= 0.6 is 11.6 Å². The average Bonchev–Trinajstić information content (AvgIpc) is 2.58. The summed E-state index contributed by atoms with van der Waals surface area (Å²) >= 11 is 5.87. The predicted octanol–water partition coefficient (Wildman–Crippen LogP) is 2.91. The van der Waals surface area contributed by atoms with Crippen LogP contribution in [0.5, 0.6) is 0 Å². The van der Waals surface area contributed by atoms with Crippen LogP contribution in [-0.2, 0) is 13.0 Å². The van der Waals surface area contributed by atoms with Crippen molar-refractivity contribution in [1.82, 2.24) is 15.2 Å². The highest BCUT2D eigenvalue weighted by molar-refractivity contribution is 6.30. The van der Waals surface area contributed by atoms with Crippen molar-refractivity contribution in [3.05, 3.63) is 64.4 Å². The first-order valence-corrected chi connectivity index (χ1v) is 8.29. The minimum Gasteiger partial charge on any atom is -0.351 e. The molecule has 4 nitrogen and oxygen atoms in total. The van der Waals surface area contributed by atoms with Crippen LogP contribution in [0.15, 0.2) is 42.6 Å². The third kappa shape index (κ3) is 4.30. The summed E-state index contributed by atoms with van der Waals surface area (Å²) in [6.07, 6.45) is 3.58. The quantitative estimate of drug-likeness (QED) is 0.858. The van der Waals surface area contributed by atoms with Crippen LogP contribution in [0, 0.1) is 0 Å². The van der Waals surface area contributed by atoms with Crippen LogP contribution in [0.25, 0.3) is 0 Å². The summed E-state index contributed by atoms with van der Waals surface area (Å²) in [7, 11) is 0. The van der Waals surface area contributed by atoms with Crippen LogP contribution in [0.2, 0.25) is 5.02 Å². The van der Waals surface area contributed by atoms with Crippen LogP contribution in [0.4, 0.5) is 0 Å². The molecule has 0 saturated heterocycles. The molecular formula is C18H20ClN3O. The Kier molecular flexibility index (Phi) is 5.26. The highest BCUT2D eigenvalue weighted by atomic mass is 35.5. The van der Waals surface area contributed by atoms with Crippen LogP contribution in [0.3, 0.4) is 0 Å². The summed E-state index contributed by atoms with van der Waals surface area (Å²) in [5, 5.41) is 3.42. The van der Waals surface area contributed by atoms with Crippen molar-refractivity contribution in [2.45, 2.75) is 19.4 Å². The van der Waals surface area contributed by atoms with Gasteiger partial charge in [-0.25, -0.2) is 0 Å². The number of rotatable bonds is 5. The second kappa shape index (κ2) is 7.57. The van der Waals surface area contributed by atoms with Gasteiger partial charge in [-0.05, 0) is 36.1 Å². The van der Waals surface area contributed by atoms with Gasteiger partial charge in [0.15, 0.2) is 0 Å². The first-order chi connectivity index (χ1) is 11.2. The van der Waals surface area contributed by atoms with E-state index in [1.165, 1.54) is 11.1 Å². The van der Waals surface area contributed by atoms with Gasteiger partial charge in [-0.2, -0.15) is 0 Å². The molecule has 2 heterocycles. The highest BCUT2D eigenvalue weighted by Gasteiger charge is 2.15. The lowest BCUT2D eigenvalue weighted by Crippen LogP contribution is -2.33. The Hall–Kier alpha value is -1.91. The van der Waals surface area contributed by atoms with E-state index in [1.807, 2.05) is 0 Å². The van der Waals surface area contributed by atoms with E-state index in [-0.39, 0.29) is 5.91 Å². The number of pyridine rings is 1. The molecule has 5 heteroatoms. The van der Waals surface area contributed by atoms with E-state index in [0.717, 1.165) is 32.5 Å². The number of carbonyl (C=O) groups is 1. The maximum atomic E-state index is 12.0.